The molecule has 0 saturated carbocycles. The van der Waals surface area contributed by atoms with Crippen molar-refractivity contribution < 1.29 is 4.79 Å². The molecular weight excluding hydrogens is 290 g/mol. The maximum atomic E-state index is 12.6. The lowest BCUT2D eigenvalue weighted by Gasteiger charge is -2.34. The lowest BCUT2D eigenvalue weighted by atomic mass is 10.0. The minimum atomic E-state index is 0.0270. The molecule has 106 valence electrons. The highest BCUT2D eigenvalue weighted by Crippen LogP contribution is 2.29. The van der Waals surface area contributed by atoms with Crippen LogP contribution in [0, 0.1) is 0 Å². The van der Waals surface area contributed by atoms with E-state index in [4.69, 9.17) is 5.73 Å². The number of carbonyl (C=O) groups excluding carboxylic acids is 1. The van der Waals surface area contributed by atoms with E-state index in [0.717, 1.165) is 35.7 Å². The van der Waals surface area contributed by atoms with Crippen LogP contribution in [0.4, 0.5) is 0 Å². The zero-order valence-electron chi connectivity index (χ0n) is 11.1. The molecule has 0 bridgehead atoms. The van der Waals surface area contributed by atoms with Crippen LogP contribution in [0.15, 0.2) is 22.9 Å². The molecule has 4 nitrogen and oxygen atoms in total. The van der Waals surface area contributed by atoms with Crippen molar-refractivity contribution in [3.63, 3.8) is 0 Å². The first-order valence-corrected chi connectivity index (χ1v) is 8.56. The summed E-state index contributed by atoms with van der Waals surface area (Å²) in [6, 6.07) is 4.20. The predicted octanol–water partition coefficient (Wildman–Crippen LogP) is 2.83. The number of piperidine rings is 1. The van der Waals surface area contributed by atoms with Crippen molar-refractivity contribution in [2.24, 2.45) is 5.73 Å². The number of hydrogen-bond acceptors (Lipinski definition) is 5. The summed E-state index contributed by atoms with van der Waals surface area (Å²) in [4.78, 5) is 20.1. The number of thiophene rings is 1. The average Bonchev–Trinajstić information content (AvgIpc) is 3.16. The van der Waals surface area contributed by atoms with Gasteiger partial charge in [0.2, 0.25) is 0 Å². The Morgan fingerprint density at radius 2 is 2.35 bits per heavy atom. The average molecular weight is 307 g/mol. The molecule has 0 spiro atoms. The van der Waals surface area contributed by atoms with Crippen molar-refractivity contribution >= 4 is 28.6 Å². The molecule has 0 aromatic carbocycles. The van der Waals surface area contributed by atoms with Gasteiger partial charge in [-0.25, -0.2) is 4.98 Å². The number of nitrogens with zero attached hydrogens (tertiary/aromatic N) is 2. The van der Waals surface area contributed by atoms with Crippen molar-refractivity contribution in [1.29, 1.82) is 0 Å². The van der Waals surface area contributed by atoms with Crippen LogP contribution < -0.4 is 5.73 Å². The van der Waals surface area contributed by atoms with Crippen molar-refractivity contribution in [1.82, 2.24) is 9.88 Å². The summed E-state index contributed by atoms with van der Waals surface area (Å²) in [6.07, 6.45) is 3.22. The van der Waals surface area contributed by atoms with Gasteiger partial charge in [0.25, 0.3) is 5.91 Å². The molecule has 2 aromatic heterocycles. The SMILES string of the molecule is NCC1CCCCN1C(=O)c1csc(-c2cccs2)n1. The van der Waals surface area contributed by atoms with E-state index in [1.807, 2.05) is 27.8 Å². The second-order valence-electron chi connectivity index (χ2n) is 4.90. The topological polar surface area (TPSA) is 59.2 Å². The van der Waals surface area contributed by atoms with Crippen molar-refractivity contribution in [3.8, 4) is 9.88 Å². The quantitative estimate of drug-likeness (QED) is 0.948. The van der Waals surface area contributed by atoms with Crippen LogP contribution in [0.2, 0.25) is 0 Å². The van der Waals surface area contributed by atoms with Crippen LogP contribution in [0.1, 0.15) is 29.8 Å². The van der Waals surface area contributed by atoms with Crippen LogP contribution in [0.5, 0.6) is 0 Å². The number of amides is 1. The molecule has 1 fully saturated rings. The van der Waals surface area contributed by atoms with Crippen molar-refractivity contribution in [3.05, 3.63) is 28.6 Å². The van der Waals surface area contributed by atoms with Gasteiger partial charge >= 0.3 is 0 Å². The van der Waals surface area contributed by atoms with Crippen LogP contribution in [-0.2, 0) is 0 Å². The maximum absolute atomic E-state index is 12.6. The zero-order chi connectivity index (χ0) is 13.9. The van der Waals surface area contributed by atoms with E-state index in [-0.39, 0.29) is 11.9 Å². The molecule has 6 heteroatoms. The Balaban J connectivity index is 1.80. The molecule has 3 heterocycles. The highest BCUT2D eigenvalue weighted by atomic mass is 32.1. The third kappa shape index (κ3) is 2.63. The van der Waals surface area contributed by atoms with Crippen LogP contribution in [-0.4, -0.2) is 34.9 Å². The Morgan fingerprint density at radius 1 is 1.45 bits per heavy atom. The second-order valence-corrected chi connectivity index (χ2v) is 6.70. The van der Waals surface area contributed by atoms with Gasteiger partial charge in [0.1, 0.15) is 10.7 Å². The van der Waals surface area contributed by atoms with Crippen LogP contribution in [0.25, 0.3) is 9.88 Å². The van der Waals surface area contributed by atoms with Gasteiger partial charge in [-0.2, -0.15) is 0 Å². The lowest BCUT2D eigenvalue weighted by Crippen LogP contribution is -2.47. The molecule has 1 amide bonds. The first-order chi connectivity index (χ1) is 9.79. The Morgan fingerprint density at radius 3 is 3.10 bits per heavy atom. The number of nitrogens with two attached hydrogens (primary N) is 1. The molecule has 1 saturated heterocycles. The Bertz CT molecular complexity index is 579. The van der Waals surface area contributed by atoms with E-state index in [9.17, 15) is 4.79 Å². The Hall–Kier alpha value is -1.24. The van der Waals surface area contributed by atoms with E-state index in [1.165, 1.54) is 11.3 Å². The summed E-state index contributed by atoms with van der Waals surface area (Å²) in [7, 11) is 0. The van der Waals surface area contributed by atoms with Gasteiger partial charge in [-0.15, -0.1) is 22.7 Å². The van der Waals surface area contributed by atoms with Gasteiger partial charge < -0.3 is 10.6 Å². The molecule has 2 N–H and O–H groups in total. The molecule has 0 aliphatic carbocycles. The van der Waals surface area contributed by atoms with Crippen LogP contribution >= 0.6 is 22.7 Å². The summed E-state index contributed by atoms with van der Waals surface area (Å²) in [5.74, 6) is 0.0270. The number of hydrogen-bond donors (Lipinski definition) is 1. The standard InChI is InChI=1S/C14H17N3OS2/c15-8-10-4-1-2-6-17(10)14(18)11-9-20-13(16-11)12-5-3-7-19-12/h3,5,7,9-10H,1-2,4,6,8,15H2. The Labute approximate surface area is 126 Å². The van der Waals surface area contributed by atoms with E-state index in [2.05, 4.69) is 4.98 Å². The van der Waals surface area contributed by atoms with Crippen molar-refractivity contribution in [2.45, 2.75) is 25.3 Å². The molecule has 2 aromatic rings. The van der Waals surface area contributed by atoms with Gasteiger partial charge in [-0.05, 0) is 30.7 Å². The molecule has 1 atom stereocenters. The predicted molar refractivity (Wildman–Crippen MR) is 83.2 cm³/mol. The summed E-state index contributed by atoms with van der Waals surface area (Å²) in [6.45, 7) is 1.33. The number of likely N-dealkylation sites (tertiary alicyclic amines) is 1. The minimum absolute atomic E-state index is 0.0270. The fourth-order valence-corrected chi connectivity index (χ4v) is 4.15. The number of aromatic nitrogens is 1. The molecule has 1 aliphatic rings. The second kappa shape index (κ2) is 6.03. The van der Waals surface area contributed by atoms with E-state index in [1.54, 1.807) is 11.3 Å². The highest BCUT2D eigenvalue weighted by molar-refractivity contribution is 7.20. The number of rotatable bonds is 3. The highest BCUT2D eigenvalue weighted by Gasteiger charge is 2.27. The fraction of sp³-hybridized carbons (Fsp3) is 0.429. The summed E-state index contributed by atoms with van der Waals surface area (Å²) in [5.41, 5.74) is 6.34. The fourth-order valence-electron chi connectivity index (χ4n) is 2.55. The zero-order valence-corrected chi connectivity index (χ0v) is 12.8. The van der Waals surface area contributed by atoms with E-state index < -0.39 is 0 Å². The number of thiazole rings is 1. The largest absolute Gasteiger partial charge is 0.333 e. The molecule has 0 radical (unpaired) electrons. The first-order valence-electron chi connectivity index (χ1n) is 6.80. The van der Waals surface area contributed by atoms with Gasteiger partial charge in [-0.1, -0.05) is 6.07 Å². The minimum Gasteiger partial charge on any atom is -0.333 e. The van der Waals surface area contributed by atoms with Crippen LogP contribution in [0.3, 0.4) is 0 Å². The maximum Gasteiger partial charge on any atom is 0.273 e. The molecule has 20 heavy (non-hydrogen) atoms. The van der Waals surface area contributed by atoms with E-state index in [0.29, 0.717) is 12.2 Å². The monoisotopic (exact) mass is 307 g/mol. The third-order valence-corrected chi connectivity index (χ3v) is 5.50. The van der Waals surface area contributed by atoms with Gasteiger partial charge in [0.15, 0.2) is 0 Å². The smallest absolute Gasteiger partial charge is 0.273 e. The van der Waals surface area contributed by atoms with Crippen molar-refractivity contribution in [2.75, 3.05) is 13.1 Å². The summed E-state index contributed by atoms with van der Waals surface area (Å²) in [5, 5.41) is 4.80. The molecule has 1 aliphatic heterocycles. The Kier molecular flexibility index (Phi) is 4.14. The molecule has 3 rings (SSSR count). The third-order valence-electron chi connectivity index (χ3n) is 3.62. The summed E-state index contributed by atoms with van der Waals surface area (Å²) >= 11 is 3.17. The van der Waals surface area contributed by atoms with E-state index >= 15 is 0 Å². The molecular formula is C14H17N3OS2. The van der Waals surface area contributed by atoms with Gasteiger partial charge in [-0.3, -0.25) is 4.79 Å². The molecule has 1 unspecified atom stereocenters. The number of carbonyl (C=O) groups is 1. The first kappa shape index (κ1) is 13.7. The van der Waals surface area contributed by atoms with Gasteiger partial charge in [0, 0.05) is 24.5 Å². The lowest BCUT2D eigenvalue weighted by molar-refractivity contribution is 0.0618. The normalized spacial score (nSPS) is 19.2. The van der Waals surface area contributed by atoms with Gasteiger partial charge in [0.05, 0.1) is 4.88 Å². The summed E-state index contributed by atoms with van der Waals surface area (Å²) < 4.78 is 0.